The summed E-state index contributed by atoms with van der Waals surface area (Å²) in [5, 5.41) is 0. The van der Waals surface area contributed by atoms with Crippen molar-refractivity contribution in [3.63, 3.8) is 0 Å². The first-order valence-electron chi connectivity index (χ1n) is 11.3. The highest BCUT2D eigenvalue weighted by Gasteiger charge is 2.48. The molecule has 3 aliphatic heterocycles. The summed E-state index contributed by atoms with van der Waals surface area (Å²) in [6.07, 6.45) is 5.92. The number of hydrogen-bond donors (Lipinski definition) is 0. The van der Waals surface area contributed by atoms with Crippen molar-refractivity contribution in [2.75, 3.05) is 26.7 Å². The molecule has 3 amide bonds. The highest BCUT2D eigenvalue weighted by Crippen LogP contribution is 2.41. The van der Waals surface area contributed by atoms with Gasteiger partial charge in [0.15, 0.2) is 0 Å². The Bertz CT molecular complexity index is 662. The summed E-state index contributed by atoms with van der Waals surface area (Å²) in [6, 6.07) is 0.198. The van der Waals surface area contributed by atoms with Crippen molar-refractivity contribution >= 4 is 17.7 Å². The number of ether oxygens (including phenoxy) is 1. The zero-order valence-electron chi connectivity index (χ0n) is 18.0. The fraction of sp³-hybridized carbons (Fsp3) is 0.864. The summed E-state index contributed by atoms with van der Waals surface area (Å²) in [5.41, 5.74) is 0. The third-order valence-corrected chi connectivity index (χ3v) is 7.70. The van der Waals surface area contributed by atoms with E-state index in [0.717, 1.165) is 45.1 Å². The average molecular weight is 406 g/mol. The van der Waals surface area contributed by atoms with Crippen LogP contribution in [0, 0.1) is 11.8 Å². The minimum absolute atomic E-state index is 0.0362. The standard InChI is InChI=1S/C22H35N3O4/c1-14-12-24(22(28)20-5-4-10-29-20)19-11-16(6-8-18(19)25(14)15(2)26)17-7-9-21(27)23(3)13-17/h14,16-20H,4-13H2,1-3H3. The van der Waals surface area contributed by atoms with Gasteiger partial charge in [0.1, 0.15) is 6.10 Å². The molecule has 4 aliphatic rings. The second-order valence-corrected chi connectivity index (χ2v) is 9.55. The minimum Gasteiger partial charge on any atom is -0.368 e. The van der Waals surface area contributed by atoms with Gasteiger partial charge in [-0.05, 0) is 57.3 Å². The number of piperazine rings is 1. The van der Waals surface area contributed by atoms with Crippen molar-refractivity contribution in [3.05, 3.63) is 0 Å². The van der Waals surface area contributed by atoms with E-state index in [9.17, 15) is 14.4 Å². The summed E-state index contributed by atoms with van der Waals surface area (Å²) in [5.74, 6) is 1.44. The molecule has 0 spiro atoms. The normalized spacial score (nSPS) is 38.2. The molecule has 0 bridgehead atoms. The number of carbonyl (C=O) groups is 3. The number of carbonyl (C=O) groups excluding carboxylic acids is 3. The summed E-state index contributed by atoms with van der Waals surface area (Å²) in [4.78, 5) is 43.6. The first-order valence-corrected chi connectivity index (χ1v) is 11.3. The van der Waals surface area contributed by atoms with E-state index >= 15 is 0 Å². The van der Waals surface area contributed by atoms with E-state index in [1.54, 1.807) is 6.92 Å². The number of rotatable bonds is 2. The average Bonchev–Trinajstić information content (AvgIpc) is 3.23. The van der Waals surface area contributed by atoms with Gasteiger partial charge in [-0.3, -0.25) is 14.4 Å². The second-order valence-electron chi connectivity index (χ2n) is 9.55. The van der Waals surface area contributed by atoms with Crippen LogP contribution in [0.2, 0.25) is 0 Å². The largest absolute Gasteiger partial charge is 0.368 e. The molecule has 6 unspecified atom stereocenters. The number of fused-ring (bicyclic) bond motifs is 1. The van der Waals surface area contributed by atoms with E-state index in [1.165, 1.54) is 0 Å². The lowest BCUT2D eigenvalue weighted by atomic mass is 9.71. The lowest BCUT2D eigenvalue weighted by Crippen LogP contribution is -2.68. The SMILES string of the molecule is CC(=O)N1C(C)CN(C(=O)C2CCCO2)C2CC(C3CCC(=O)N(C)C3)CCC21. The maximum Gasteiger partial charge on any atom is 0.252 e. The molecule has 0 aromatic carbocycles. The molecule has 3 saturated heterocycles. The van der Waals surface area contributed by atoms with Crippen molar-refractivity contribution in [3.8, 4) is 0 Å². The summed E-state index contributed by atoms with van der Waals surface area (Å²) in [6.45, 7) is 5.78. The quantitative estimate of drug-likeness (QED) is 0.701. The molecule has 6 atom stereocenters. The van der Waals surface area contributed by atoms with Crippen molar-refractivity contribution < 1.29 is 19.1 Å². The number of likely N-dealkylation sites (tertiary alicyclic amines) is 1. The van der Waals surface area contributed by atoms with Gasteiger partial charge in [-0.2, -0.15) is 0 Å². The minimum atomic E-state index is -0.314. The van der Waals surface area contributed by atoms with E-state index in [4.69, 9.17) is 4.74 Å². The van der Waals surface area contributed by atoms with Gasteiger partial charge in [0.2, 0.25) is 11.8 Å². The lowest BCUT2D eigenvalue weighted by molar-refractivity contribution is -0.160. The van der Waals surface area contributed by atoms with Crippen LogP contribution in [0.5, 0.6) is 0 Å². The number of nitrogens with zero attached hydrogens (tertiary/aromatic N) is 3. The van der Waals surface area contributed by atoms with Crippen LogP contribution in [0.3, 0.4) is 0 Å². The molecule has 29 heavy (non-hydrogen) atoms. The number of piperidine rings is 1. The van der Waals surface area contributed by atoms with E-state index in [1.807, 2.05) is 16.8 Å². The van der Waals surface area contributed by atoms with Crippen molar-refractivity contribution in [1.29, 1.82) is 0 Å². The van der Waals surface area contributed by atoms with E-state index < -0.39 is 0 Å². The summed E-state index contributed by atoms with van der Waals surface area (Å²) >= 11 is 0. The van der Waals surface area contributed by atoms with Gasteiger partial charge >= 0.3 is 0 Å². The van der Waals surface area contributed by atoms with Crippen molar-refractivity contribution in [2.45, 2.75) is 83.0 Å². The van der Waals surface area contributed by atoms with Gasteiger partial charge in [-0.15, -0.1) is 0 Å². The maximum atomic E-state index is 13.3. The van der Waals surface area contributed by atoms with Gasteiger partial charge in [-0.1, -0.05) is 0 Å². The highest BCUT2D eigenvalue weighted by atomic mass is 16.5. The molecule has 0 radical (unpaired) electrons. The molecule has 1 saturated carbocycles. The predicted octanol–water partition coefficient (Wildman–Crippen LogP) is 1.65. The van der Waals surface area contributed by atoms with Crippen LogP contribution in [-0.2, 0) is 19.1 Å². The summed E-state index contributed by atoms with van der Waals surface area (Å²) in [7, 11) is 1.90. The molecule has 4 rings (SSSR count). The Hall–Kier alpha value is -1.63. The second kappa shape index (κ2) is 8.25. The van der Waals surface area contributed by atoms with Gasteiger partial charge in [-0.25, -0.2) is 0 Å². The van der Waals surface area contributed by atoms with Gasteiger partial charge < -0.3 is 19.4 Å². The van der Waals surface area contributed by atoms with Crippen LogP contribution in [0.15, 0.2) is 0 Å². The molecule has 0 aromatic heterocycles. The van der Waals surface area contributed by atoms with Gasteiger partial charge in [0, 0.05) is 46.1 Å². The first kappa shape index (κ1) is 20.6. The van der Waals surface area contributed by atoms with Crippen LogP contribution in [0.25, 0.3) is 0 Å². The Kier molecular flexibility index (Phi) is 5.87. The summed E-state index contributed by atoms with van der Waals surface area (Å²) < 4.78 is 5.71. The fourth-order valence-corrected chi connectivity index (χ4v) is 6.27. The third-order valence-electron chi connectivity index (χ3n) is 7.70. The Morgan fingerprint density at radius 1 is 1.03 bits per heavy atom. The topological polar surface area (TPSA) is 70.2 Å². The Morgan fingerprint density at radius 2 is 1.83 bits per heavy atom. The Morgan fingerprint density at radius 3 is 2.48 bits per heavy atom. The van der Waals surface area contributed by atoms with Crippen molar-refractivity contribution in [2.24, 2.45) is 11.8 Å². The molecule has 0 aromatic rings. The zero-order valence-corrected chi connectivity index (χ0v) is 18.0. The first-order chi connectivity index (χ1) is 13.9. The molecular formula is C22H35N3O4. The predicted molar refractivity (Wildman–Crippen MR) is 108 cm³/mol. The van der Waals surface area contributed by atoms with E-state index in [2.05, 4.69) is 11.8 Å². The highest BCUT2D eigenvalue weighted by molar-refractivity contribution is 5.82. The number of hydrogen-bond acceptors (Lipinski definition) is 4. The van der Waals surface area contributed by atoms with E-state index in [-0.39, 0.29) is 42.0 Å². The lowest BCUT2D eigenvalue weighted by Gasteiger charge is -2.55. The molecule has 0 N–H and O–H groups in total. The molecule has 1 aliphatic carbocycles. The Labute approximate surface area is 173 Å². The monoisotopic (exact) mass is 405 g/mol. The molecule has 162 valence electrons. The zero-order chi connectivity index (χ0) is 20.7. The van der Waals surface area contributed by atoms with Crippen molar-refractivity contribution in [1.82, 2.24) is 14.7 Å². The van der Waals surface area contributed by atoms with Crippen LogP contribution >= 0.6 is 0 Å². The third kappa shape index (κ3) is 3.90. The van der Waals surface area contributed by atoms with Crippen LogP contribution in [-0.4, -0.2) is 83.4 Å². The Balaban J connectivity index is 1.54. The molecule has 3 heterocycles. The van der Waals surface area contributed by atoms with E-state index in [0.29, 0.717) is 31.4 Å². The maximum absolute atomic E-state index is 13.3. The van der Waals surface area contributed by atoms with Crippen LogP contribution in [0.4, 0.5) is 0 Å². The molecule has 4 fully saturated rings. The molecule has 7 heteroatoms. The fourth-order valence-electron chi connectivity index (χ4n) is 6.27. The number of amides is 3. The van der Waals surface area contributed by atoms with Crippen LogP contribution < -0.4 is 0 Å². The molecular weight excluding hydrogens is 370 g/mol. The van der Waals surface area contributed by atoms with Crippen LogP contribution in [0.1, 0.15) is 58.8 Å². The van der Waals surface area contributed by atoms with Gasteiger partial charge in [0.25, 0.3) is 5.91 Å². The molecule has 7 nitrogen and oxygen atoms in total. The van der Waals surface area contributed by atoms with Gasteiger partial charge in [0.05, 0.1) is 12.1 Å². The smallest absolute Gasteiger partial charge is 0.252 e.